The Morgan fingerprint density at radius 1 is 0.550 bits per heavy atom. The van der Waals surface area contributed by atoms with Crippen molar-refractivity contribution in [1.82, 2.24) is 10.2 Å². The minimum absolute atomic E-state index is 0.0523. The van der Waals surface area contributed by atoms with Gasteiger partial charge in [0.15, 0.2) is 0 Å². The van der Waals surface area contributed by atoms with Crippen LogP contribution in [0.1, 0.15) is 151 Å². The van der Waals surface area contributed by atoms with E-state index in [2.05, 4.69) is 17.3 Å². The lowest BCUT2D eigenvalue weighted by Gasteiger charge is -2.33. The molecule has 0 aromatic heterocycles. The summed E-state index contributed by atoms with van der Waals surface area (Å²) in [7, 11) is 2.09. The van der Waals surface area contributed by atoms with E-state index in [1.165, 1.54) is 30.3 Å². The van der Waals surface area contributed by atoms with Gasteiger partial charge in [-0.05, 0) is 145 Å². The number of rotatable bonds is 3. The quantitative estimate of drug-likeness (QED) is 0.257. The van der Waals surface area contributed by atoms with Crippen LogP contribution in [0.3, 0.4) is 0 Å². The van der Waals surface area contributed by atoms with Gasteiger partial charge < -0.3 is 20.2 Å². The molecule has 3 heterocycles. The molecule has 0 amide bonds. The maximum Gasteiger partial charge on any atom is 0.416 e. The molecule has 2 N–H and O–H groups in total. The highest BCUT2D eigenvalue weighted by Gasteiger charge is 2.37. The van der Waals surface area contributed by atoms with Gasteiger partial charge in [-0.1, -0.05) is 80.5 Å². The molecule has 0 spiro atoms. The summed E-state index contributed by atoms with van der Waals surface area (Å²) in [6.45, 7) is 21.9. The third-order valence-corrected chi connectivity index (χ3v) is 11.6. The average Bonchev–Trinajstić information content (AvgIpc) is 3.82. The summed E-state index contributed by atoms with van der Waals surface area (Å²) in [5.41, 5.74) is 2.81. The van der Waals surface area contributed by atoms with Crippen molar-refractivity contribution in [2.45, 2.75) is 147 Å². The summed E-state index contributed by atoms with van der Waals surface area (Å²) in [5, 5.41) is 12.9. The Balaban J connectivity index is 0.000000199. The fraction of sp³-hybridized carbons (Fsp3) is 0.617. The number of benzene rings is 3. The van der Waals surface area contributed by atoms with Gasteiger partial charge in [-0.25, -0.2) is 0 Å². The van der Waals surface area contributed by atoms with Crippen molar-refractivity contribution in [3.8, 4) is 0 Å². The Kier molecular flexibility index (Phi) is 15.3. The SMILES string of the molecule is CC(C)(C)c1ccc(C(F)(F)F)cc1C1CCCN1.CC(C)(C)c1ccc(C(F)(F)F)cc1N1CCC(O)C1.CN1CCC(c2ccc(C(F)(F)F)cc2C(C)(C)C)CC1. The summed E-state index contributed by atoms with van der Waals surface area (Å²) in [6.07, 6.45) is -8.79. The van der Waals surface area contributed by atoms with Crippen molar-refractivity contribution >= 4 is 5.69 Å². The molecule has 2 unspecified atom stereocenters. The van der Waals surface area contributed by atoms with Crippen LogP contribution in [0.5, 0.6) is 0 Å². The minimum atomic E-state index is -4.34. The van der Waals surface area contributed by atoms with E-state index >= 15 is 0 Å². The summed E-state index contributed by atoms with van der Waals surface area (Å²) in [6, 6.07) is 12.4. The molecule has 0 radical (unpaired) electrons. The molecule has 3 aliphatic heterocycles. The van der Waals surface area contributed by atoms with Crippen molar-refractivity contribution in [3.05, 3.63) is 99.1 Å². The van der Waals surface area contributed by atoms with Crippen LogP contribution < -0.4 is 10.2 Å². The topological polar surface area (TPSA) is 38.7 Å². The summed E-state index contributed by atoms with van der Waals surface area (Å²) >= 11 is 0. The number of aliphatic hydroxyl groups is 1. The summed E-state index contributed by atoms with van der Waals surface area (Å²) in [4.78, 5) is 4.12. The van der Waals surface area contributed by atoms with E-state index in [1.807, 2.05) is 67.2 Å². The maximum absolute atomic E-state index is 13.0. The van der Waals surface area contributed by atoms with Crippen LogP contribution in [-0.2, 0) is 34.8 Å². The van der Waals surface area contributed by atoms with Gasteiger partial charge in [-0.15, -0.1) is 0 Å². The monoisotopic (exact) mass is 857 g/mol. The molecule has 0 saturated carbocycles. The third-order valence-electron chi connectivity index (χ3n) is 11.6. The number of β-amino-alcohol motifs (C(OH)–C–C–N with tert-alkyl or cyclic N) is 1. The van der Waals surface area contributed by atoms with Gasteiger partial charge in [-0.2, -0.15) is 39.5 Å². The van der Waals surface area contributed by atoms with E-state index in [1.54, 1.807) is 18.2 Å². The molecule has 0 aliphatic carbocycles. The zero-order valence-corrected chi connectivity index (χ0v) is 36.7. The van der Waals surface area contributed by atoms with Gasteiger partial charge in [0.05, 0.1) is 22.8 Å². The lowest BCUT2D eigenvalue weighted by Crippen LogP contribution is -2.30. The molecular formula is C47H64F9N3O. The largest absolute Gasteiger partial charge is 0.416 e. The first kappa shape index (κ1) is 49.4. The molecule has 3 saturated heterocycles. The highest BCUT2D eigenvalue weighted by Crippen LogP contribution is 2.42. The van der Waals surface area contributed by atoms with Crippen LogP contribution in [0, 0.1) is 0 Å². The number of piperidine rings is 1. The Morgan fingerprint density at radius 3 is 1.48 bits per heavy atom. The summed E-state index contributed by atoms with van der Waals surface area (Å²) < 4.78 is 116. The van der Waals surface area contributed by atoms with Gasteiger partial charge in [0, 0.05) is 24.8 Å². The van der Waals surface area contributed by atoms with Gasteiger partial charge in [0.1, 0.15) is 0 Å². The predicted octanol–water partition coefficient (Wildman–Crippen LogP) is 12.8. The number of nitrogens with zero attached hydrogens (tertiary/aromatic N) is 2. The first-order chi connectivity index (χ1) is 27.4. The number of anilines is 1. The standard InChI is InChI=1S/C17H24F3N.C15H20F3NO.C15H20F3N/c1-16(2,3)15-11-13(17(18,19)20)5-6-14(15)12-7-9-21(4)10-8-12;1-14(2,3)12-5-4-10(15(16,17)18)8-13(12)19-7-6-11(20)9-19;1-14(2,3)12-7-6-10(15(16,17)18)9-11(12)13-5-4-8-19-13/h5-6,11-12H,7-10H2,1-4H3;4-5,8,11,20H,6-7,9H2,1-3H3;6-7,9,13,19H,4-5,8H2,1-3H3. The molecule has 2 atom stereocenters. The van der Waals surface area contributed by atoms with Crippen LogP contribution in [0.2, 0.25) is 0 Å². The zero-order chi connectivity index (χ0) is 45.2. The maximum atomic E-state index is 13.0. The minimum Gasteiger partial charge on any atom is -0.391 e. The molecule has 6 rings (SSSR count). The lowest BCUT2D eigenvalue weighted by atomic mass is 9.77. The Morgan fingerprint density at radius 2 is 1.03 bits per heavy atom. The molecule has 3 fully saturated rings. The van der Waals surface area contributed by atoms with E-state index in [4.69, 9.17) is 0 Å². The van der Waals surface area contributed by atoms with Crippen LogP contribution in [0.25, 0.3) is 0 Å². The predicted molar refractivity (Wildman–Crippen MR) is 223 cm³/mol. The average molecular weight is 858 g/mol. The smallest absolute Gasteiger partial charge is 0.391 e. The Bertz CT molecular complexity index is 1870. The highest BCUT2D eigenvalue weighted by molar-refractivity contribution is 5.59. The second-order valence-electron chi connectivity index (χ2n) is 19.7. The molecule has 336 valence electrons. The number of halogens is 9. The molecular weight excluding hydrogens is 794 g/mol. The summed E-state index contributed by atoms with van der Waals surface area (Å²) in [5.74, 6) is 0.373. The number of hydrogen-bond acceptors (Lipinski definition) is 4. The van der Waals surface area contributed by atoms with Crippen molar-refractivity contribution < 1.29 is 44.6 Å². The van der Waals surface area contributed by atoms with Crippen molar-refractivity contribution in [3.63, 3.8) is 0 Å². The molecule has 13 heteroatoms. The lowest BCUT2D eigenvalue weighted by molar-refractivity contribution is -0.138. The van der Waals surface area contributed by atoms with Gasteiger partial charge in [-0.3, -0.25) is 0 Å². The van der Waals surface area contributed by atoms with E-state index in [9.17, 15) is 44.6 Å². The van der Waals surface area contributed by atoms with Crippen LogP contribution in [-0.4, -0.2) is 55.9 Å². The fourth-order valence-electron chi connectivity index (χ4n) is 8.28. The molecule has 60 heavy (non-hydrogen) atoms. The highest BCUT2D eigenvalue weighted by atomic mass is 19.4. The number of alkyl halides is 9. The number of aliphatic hydroxyl groups excluding tert-OH is 1. The van der Waals surface area contributed by atoms with E-state index in [0.717, 1.165) is 79.2 Å². The van der Waals surface area contributed by atoms with Gasteiger partial charge in [0.25, 0.3) is 0 Å². The Labute approximate surface area is 350 Å². The van der Waals surface area contributed by atoms with Crippen molar-refractivity contribution in [2.75, 3.05) is 44.7 Å². The number of hydrogen-bond donors (Lipinski definition) is 2. The Hall–Kier alpha value is -3.29. The van der Waals surface area contributed by atoms with E-state index in [0.29, 0.717) is 31.1 Å². The van der Waals surface area contributed by atoms with Crippen molar-refractivity contribution in [2.24, 2.45) is 0 Å². The van der Waals surface area contributed by atoms with Gasteiger partial charge >= 0.3 is 18.5 Å². The number of likely N-dealkylation sites (tertiary alicyclic amines) is 1. The second-order valence-corrected chi connectivity index (χ2v) is 19.7. The van der Waals surface area contributed by atoms with Gasteiger partial charge in [0.2, 0.25) is 0 Å². The molecule has 3 aromatic carbocycles. The number of nitrogens with one attached hydrogen (secondary N) is 1. The molecule has 3 aliphatic rings. The molecule has 4 nitrogen and oxygen atoms in total. The van der Waals surface area contributed by atoms with E-state index < -0.39 is 41.3 Å². The van der Waals surface area contributed by atoms with Crippen LogP contribution in [0.4, 0.5) is 45.2 Å². The first-order valence-electron chi connectivity index (χ1n) is 20.9. The zero-order valence-electron chi connectivity index (χ0n) is 36.7. The second kappa shape index (κ2) is 18.6. The molecule has 3 aromatic rings. The normalized spacial score (nSPS) is 20.1. The third kappa shape index (κ3) is 13.1. The van der Waals surface area contributed by atoms with Crippen molar-refractivity contribution in [1.29, 1.82) is 0 Å². The first-order valence-corrected chi connectivity index (χ1v) is 20.9. The van der Waals surface area contributed by atoms with Crippen LogP contribution >= 0.6 is 0 Å². The fourth-order valence-corrected chi connectivity index (χ4v) is 8.28. The van der Waals surface area contributed by atoms with Crippen LogP contribution in [0.15, 0.2) is 54.6 Å². The molecule has 0 bridgehead atoms. The van der Waals surface area contributed by atoms with E-state index in [-0.39, 0.29) is 22.3 Å².